The summed E-state index contributed by atoms with van der Waals surface area (Å²) in [6, 6.07) is 9.24. The molecule has 1 aromatic heterocycles. The minimum absolute atomic E-state index is 0.00565. The lowest BCUT2D eigenvalue weighted by atomic mass is 10.1. The van der Waals surface area contributed by atoms with Crippen molar-refractivity contribution < 1.29 is 4.39 Å². The zero-order valence-corrected chi connectivity index (χ0v) is 10.8. The number of hydrogen-bond donors (Lipinski definition) is 1. The van der Waals surface area contributed by atoms with Gasteiger partial charge in [-0.2, -0.15) is 11.3 Å². The number of nitrogens with one attached hydrogen (secondary N) is 1. The summed E-state index contributed by atoms with van der Waals surface area (Å²) in [4.78, 5) is 0. The quantitative estimate of drug-likeness (QED) is 0.852. The van der Waals surface area contributed by atoms with Crippen molar-refractivity contribution in [2.45, 2.75) is 25.9 Å². The molecule has 0 spiro atoms. The normalized spacial score (nSPS) is 14.5. The van der Waals surface area contributed by atoms with E-state index < -0.39 is 0 Å². The molecule has 1 aromatic carbocycles. The molecule has 1 unspecified atom stereocenters. The van der Waals surface area contributed by atoms with Gasteiger partial charge in [0.1, 0.15) is 5.82 Å². The third-order valence-corrected chi connectivity index (χ3v) is 3.62. The van der Waals surface area contributed by atoms with Gasteiger partial charge in [0.25, 0.3) is 0 Å². The Morgan fingerprint density at radius 2 is 1.88 bits per heavy atom. The minimum Gasteiger partial charge on any atom is -0.304 e. The molecule has 0 saturated heterocycles. The highest BCUT2D eigenvalue weighted by atomic mass is 32.1. The molecule has 0 fully saturated rings. The highest BCUT2D eigenvalue weighted by Gasteiger charge is 2.13. The summed E-state index contributed by atoms with van der Waals surface area (Å²) >= 11 is 1.68. The van der Waals surface area contributed by atoms with Crippen LogP contribution in [0.15, 0.2) is 41.1 Å². The molecule has 1 N–H and O–H groups in total. The minimum atomic E-state index is -0.148. The van der Waals surface area contributed by atoms with Crippen molar-refractivity contribution in [3.63, 3.8) is 0 Å². The largest absolute Gasteiger partial charge is 0.304 e. The summed E-state index contributed by atoms with van der Waals surface area (Å²) in [6.45, 7) is 4.08. The lowest BCUT2D eigenvalue weighted by Crippen LogP contribution is -2.22. The van der Waals surface area contributed by atoms with Crippen LogP contribution in [0.3, 0.4) is 0 Å². The Morgan fingerprint density at radius 1 is 1.12 bits per heavy atom. The first-order valence-electron chi connectivity index (χ1n) is 5.71. The van der Waals surface area contributed by atoms with Crippen LogP contribution in [0.4, 0.5) is 4.39 Å². The highest BCUT2D eigenvalue weighted by molar-refractivity contribution is 7.07. The van der Waals surface area contributed by atoms with Crippen LogP contribution in [0, 0.1) is 5.82 Å². The van der Waals surface area contributed by atoms with Crippen LogP contribution in [0.2, 0.25) is 0 Å². The number of halogens is 1. The Bertz CT molecular complexity index is 467. The molecule has 0 bridgehead atoms. The second-order valence-corrected chi connectivity index (χ2v) is 4.97. The van der Waals surface area contributed by atoms with E-state index in [9.17, 15) is 4.39 Å². The Labute approximate surface area is 105 Å². The molecule has 0 aliphatic rings. The molecule has 0 radical (unpaired) electrons. The predicted molar refractivity (Wildman–Crippen MR) is 70.7 cm³/mol. The van der Waals surface area contributed by atoms with Gasteiger partial charge in [-0.25, -0.2) is 4.39 Å². The fraction of sp³-hybridized carbons (Fsp3) is 0.286. The van der Waals surface area contributed by atoms with E-state index in [0.717, 1.165) is 5.56 Å². The van der Waals surface area contributed by atoms with Gasteiger partial charge in [-0.1, -0.05) is 18.2 Å². The molecule has 2 atom stereocenters. The maximum atomic E-state index is 13.6. The van der Waals surface area contributed by atoms with Crippen molar-refractivity contribution in [1.82, 2.24) is 5.32 Å². The highest BCUT2D eigenvalue weighted by Crippen LogP contribution is 2.22. The lowest BCUT2D eigenvalue weighted by Gasteiger charge is -2.20. The van der Waals surface area contributed by atoms with Crippen LogP contribution in [-0.2, 0) is 0 Å². The molecule has 2 aromatic rings. The topological polar surface area (TPSA) is 12.0 Å². The second-order valence-electron chi connectivity index (χ2n) is 4.19. The standard InChI is InChI=1S/C14H16FNS/c1-10(12-7-8-17-9-12)16-11(2)13-5-3-4-6-14(13)15/h3-11,16H,1-2H3/t10?,11-/m1/s1. The molecule has 1 heterocycles. The van der Waals surface area contributed by atoms with Gasteiger partial charge in [0.05, 0.1) is 0 Å². The van der Waals surface area contributed by atoms with Crippen LogP contribution in [-0.4, -0.2) is 0 Å². The van der Waals surface area contributed by atoms with E-state index >= 15 is 0 Å². The van der Waals surface area contributed by atoms with Crippen LogP contribution >= 0.6 is 11.3 Å². The molecule has 0 aliphatic carbocycles. The zero-order valence-electron chi connectivity index (χ0n) is 9.98. The second kappa shape index (κ2) is 5.43. The van der Waals surface area contributed by atoms with E-state index in [0.29, 0.717) is 0 Å². The maximum Gasteiger partial charge on any atom is 0.127 e. The molecule has 17 heavy (non-hydrogen) atoms. The Morgan fingerprint density at radius 3 is 2.53 bits per heavy atom. The Hall–Kier alpha value is -1.19. The van der Waals surface area contributed by atoms with Crippen LogP contribution in [0.25, 0.3) is 0 Å². The van der Waals surface area contributed by atoms with Gasteiger partial charge in [0.2, 0.25) is 0 Å². The van der Waals surface area contributed by atoms with Gasteiger partial charge in [-0.05, 0) is 42.3 Å². The zero-order chi connectivity index (χ0) is 12.3. The number of rotatable bonds is 4. The van der Waals surface area contributed by atoms with Crippen molar-refractivity contribution >= 4 is 11.3 Å². The summed E-state index contributed by atoms with van der Waals surface area (Å²) < 4.78 is 13.6. The average molecular weight is 249 g/mol. The number of hydrogen-bond acceptors (Lipinski definition) is 2. The van der Waals surface area contributed by atoms with Crippen molar-refractivity contribution in [2.75, 3.05) is 0 Å². The van der Waals surface area contributed by atoms with E-state index in [1.54, 1.807) is 17.4 Å². The monoisotopic (exact) mass is 249 g/mol. The van der Waals surface area contributed by atoms with E-state index in [4.69, 9.17) is 0 Å². The first-order chi connectivity index (χ1) is 8.18. The molecule has 2 rings (SSSR count). The molecule has 3 heteroatoms. The molecule has 0 saturated carbocycles. The molecule has 0 amide bonds. The molecular weight excluding hydrogens is 233 g/mol. The lowest BCUT2D eigenvalue weighted by molar-refractivity contribution is 0.474. The van der Waals surface area contributed by atoms with Crippen molar-refractivity contribution in [2.24, 2.45) is 0 Å². The van der Waals surface area contributed by atoms with Gasteiger partial charge in [0.15, 0.2) is 0 Å². The first kappa shape index (κ1) is 12.3. The van der Waals surface area contributed by atoms with Gasteiger partial charge >= 0.3 is 0 Å². The summed E-state index contributed by atoms with van der Waals surface area (Å²) in [6.07, 6.45) is 0. The summed E-state index contributed by atoms with van der Waals surface area (Å²) in [5.41, 5.74) is 1.97. The predicted octanol–water partition coefficient (Wildman–Crippen LogP) is 4.30. The third-order valence-electron chi connectivity index (χ3n) is 2.91. The Balaban J connectivity index is 2.07. The SMILES string of the molecule is CC(N[C@H](C)c1ccccc1F)c1ccsc1. The fourth-order valence-corrected chi connectivity index (χ4v) is 2.66. The number of benzene rings is 1. The van der Waals surface area contributed by atoms with Crippen LogP contribution in [0.5, 0.6) is 0 Å². The first-order valence-corrected chi connectivity index (χ1v) is 6.65. The van der Waals surface area contributed by atoms with Gasteiger partial charge in [0, 0.05) is 17.6 Å². The van der Waals surface area contributed by atoms with Crippen molar-refractivity contribution in [1.29, 1.82) is 0 Å². The van der Waals surface area contributed by atoms with E-state index in [1.165, 1.54) is 11.6 Å². The third kappa shape index (κ3) is 2.93. The average Bonchev–Trinajstić information content (AvgIpc) is 2.82. The van der Waals surface area contributed by atoms with Gasteiger partial charge in [-0.15, -0.1) is 0 Å². The summed E-state index contributed by atoms with van der Waals surface area (Å²) in [7, 11) is 0. The smallest absolute Gasteiger partial charge is 0.127 e. The van der Waals surface area contributed by atoms with Crippen LogP contribution < -0.4 is 5.32 Å². The molecular formula is C14H16FNS. The van der Waals surface area contributed by atoms with E-state index in [2.05, 4.69) is 29.1 Å². The fourth-order valence-electron chi connectivity index (χ4n) is 1.91. The maximum absolute atomic E-state index is 13.6. The van der Waals surface area contributed by atoms with Crippen molar-refractivity contribution in [3.8, 4) is 0 Å². The van der Waals surface area contributed by atoms with E-state index in [1.807, 2.05) is 19.1 Å². The molecule has 1 nitrogen and oxygen atoms in total. The van der Waals surface area contributed by atoms with Crippen molar-refractivity contribution in [3.05, 3.63) is 58.0 Å². The van der Waals surface area contributed by atoms with E-state index in [-0.39, 0.29) is 17.9 Å². The van der Waals surface area contributed by atoms with Gasteiger partial charge in [-0.3, -0.25) is 0 Å². The number of thiophene rings is 1. The molecule has 0 aliphatic heterocycles. The van der Waals surface area contributed by atoms with Gasteiger partial charge < -0.3 is 5.32 Å². The Kier molecular flexibility index (Phi) is 3.92. The van der Waals surface area contributed by atoms with Crippen LogP contribution in [0.1, 0.15) is 37.1 Å². The summed E-state index contributed by atoms with van der Waals surface area (Å²) in [5, 5.41) is 7.58. The molecule has 90 valence electrons. The summed E-state index contributed by atoms with van der Waals surface area (Å²) in [5.74, 6) is -0.148.